The van der Waals surface area contributed by atoms with Gasteiger partial charge >= 0.3 is 11.6 Å². The number of anilines is 1. The van der Waals surface area contributed by atoms with Gasteiger partial charge in [0.1, 0.15) is 5.69 Å². The third-order valence-corrected chi connectivity index (χ3v) is 2.22. The molecular formula is C13H10AcNO5-. The number of fused-ring (bicyclic) bond motifs is 1. The Labute approximate surface area is 150 Å². The number of hydrogen-bond acceptors (Lipinski definition) is 5. The van der Waals surface area contributed by atoms with Gasteiger partial charge in [-0.15, -0.1) is 6.07 Å². The summed E-state index contributed by atoms with van der Waals surface area (Å²) in [4.78, 5) is 33.6. The second-order valence-corrected chi connectivity index (χ2v) is 3.81. The molecule has 20 heavy (non-hydrogen) atoms. The Morgan fingerprint density at radius 2 is 2.05 bits per heavy atom. The van der Waals surface area contributed by atoms with E-state index in [1.807, 2.05) is 0 Å². The number of carbonyl (C=O) groups excluding carboxylic acids is 2. The molecule has 2 aromatic rings. The van der Waals surface area contributed by atoms with Crippen molar-refractivity contribution in [3.8, 4) is 5.75 Å². The average Bonchev–Trinajstić information content (AvgIpc) is 2.30. The smallest absolute Gasteiger partial charge is 0.348 e. The molecule has 0 aliphatic rings. The van der Waals surface area contributed by atoms with Crippen LogP contribution in [0.15, 0.2) is 27.4 Å². The van der Waals surface area contributed by atoms with E-state index in [0.29, 0.717) is 5.39 Å². The predicted molar refractivity (Wildman–Crippen MR) is 66.9 cm³/mol. The zero-order valence-electron chi connectivity index (χ0n) is 10.9. The summed E-state index contributed by atoms with van der Waals surface area (Å²) < 4.78 is 9.94. The van der Waals surface area contributed by atoms with E-state index in [2.05, 4.69) is 11.4 Å². The third-order valence-electron chi connectivity index (χ3n) is 2.22. The van der Waals surface area contributed by atoms with Gasteiger partial charge in [-0.25, -0.2) is 4.79 Å². The molecule has 1 radical (unpaired) electrons. The molecule has 1 N–H and O–H groups in total. The van der Waals surface area contributed by atoms with Crippen LogP contribution >= 0.6 is 0 Å². The molecule has 0 saturated carbocycles. The minimum atomic E-state index is -0.726. The van der Waals surface area contributed by atoms with E-state index >= 15 is 0 Å². The minimum Gasteiger partial charge on any atom is -0.482 e. The maximum Gasteiger partial charge on any atom is 0.348 e. The van der Waals surface area contributed by atoms with Crippen molar-refractivity contribution in [3.05, 3.63) is 34.7 Å². The summed E-state index contributed by atoms with van der Waals surface area (Å²) in [5, 5.41) is 2.87. The van der Waals surface area contributed by atoms with E-state index in [9.17, 15) is 14.4 Å². The second-order valence-electron chi connectivity index (χ2n) is 3.81. The molecule has 2 rings (SSSR count). The van der Waals surface area contributed by atoms with E-state index in [0.717, 1.165) is 0 Å². The van der Waals surface area contributed by atoms with Crippen LogP contribution in [0.2, 0.25) is 0 Å². The topological polar surface area (TPSA) is 85.6 Å². The number of amides is 1. The van der Waals surface area contributed by atoms with Gasteiger partial charge in [0.2, 0.25) is 5.91 Å². The Morgan fingerprint density at radius 1 is 1.35 bits per heavy atom. The molecule has 0 saturated heterocycles. The number of hydrogen-bond donors (Lipinski definition) is 1. The molecule has 0 aliphatic carbocycles. The fraction of sp³-hybridized carbons (Fsp3) is 0.154. The maximum atomic E-state index is 11.7. The van der Waals surface area contributed by atoms with Crippen molar-refractivity contribution in [2.45, 2.75) is 13.8 Å². The van der Waals surface area contributed by atoms with E-state index in [1.54, 1.807) is 6.07 Å². The molecule has 101 valence electrons. The van der Waals surface area contributed by atoms with Gasteiger partial charge in [-0.2, -0.15) is 12.1 Å². The first-order valence-electron chi connectivity index (χ1n) is 5.42. The van der Waals surface area contributed by atoms with Gasteiger partial charge in [-0.1, -0.05) is 5.39 Å². The number of ether oxygens (including phenoxy) is 1. The molecule has 6 nitrogen and oxygen atoms in total. The van der Waals surface area contributed by atoms with Crippen molar-refractivity contribution in [3.63, 3.8) is 0 Å². The Balaban J connectivity index is 0.00000200. The van der Waals surface area contributed by atoms with Crippen molar-refractivity contribution in [1.82, 2.24) is 0 Å². The van der Waals surface area contributed by atoms with Gasteiger partial charge in [-0.05, 0) is 6.07 Å². The van der Waals surface area contributed by atoms with Crippen LogP contribution in [0.25, 0.3) is 11.0 Å². The maximum absolute atomic E-state index is 11.7. The van der Waals surface area contributed by atoms with Crippen molar-refractivity contribution in [2.75, 3.05) is 5.32 Å². The SMILES string of the molecule is CC(=O)Nc1cc2cc[c-]c(OC(C)=O)c2oc1=O.[Ac]. The minimum absolute atomic E-state index is 0. The molecule has 1 heterocycles. The van der Waals surface area contributed by atoms with Crippen molar-refractivity contribution < 1.29 is 62.8 Å². The molecular weight excluding hydrogens is 477 g/mol. The first-order chi connectivity index (χ1) is 8.97. The van der Waals surface area contributed by atoms with Crippen molar-refractivity contribution >= 4 is 28.5 Å². The molecule has 1 aromatic heterocycles. The van der Waals surface area contributed by atoms with Gasteiger partial charge in [0.15, 0.2) is 0 Å². The van der Waals surface area contributed by atoms with Crippen LogP contribution in [0, 0.1) is 50.1 Å². The monoisotopic (exact) mass is 487 g/mol. The second kappa shape index (κ2) is 7.00. The van der Waals surface area contributed by atoms with Gasteiger partial charge in [0.05, 0.1) is 11.3 Å². The molecule has 0 aliphatic heterocycles. The number of rotatable bonds is 2. The van der Waals surface area contributed by atoms with Crippen LogP contribution in [0.3, 0.4) is 0 Å². The first kappa shape index (κ1) is 16.9. The summed E-state index contributed by atoms with van der Waals surface area (Å²) in [5.41, 5.74) is -0.590. The summed E-state index contributed by atoms with van der Waals surface area (Å²) in [6.45, 7) is 2.52. The molecule has 0 spiro atoms. The van der Waals surface area contributed by atoms with E-state index in [-0.39, 0.29) is 67.0 Å². The Morgan fingerprint density at radius 3 is 2.65 bits per heavy atom. The van der Waals surface area contributed by atoms with Crippen molar-refractivity contribution in [1.29, 1.82) is 0 Å². The fourth-order valence-electron chi connectivity index (χ4n) is 1.56. The fourth-order valence-corrected chi connectivity index (χ4v) is 1.56. The summed E-state index contributed by atoms with van der Waals surface area (Å²) in [6, 6.07) is 7.26. The normalized spacial score (nSPS) is 9.70. The van der Waals surface area contributed by atoms with Crippen LogP contribution in [-0.4, -0.2) is 11.9 Å². The van der Waals surface area contributed by atoms with E-state index < -0.39 is 11.6 Å². The quantitative estimate of drug-likeness (QED) is 0.300. The predicted octanol–water partition coefficient (Wildman–Crippen LogP) is 1.48. The summed E-state index contributed by atoms with van der Waals surface area (Å²) >= 11 is 0. The number of carbonyl (C=O) groups is 2. The molecule has 0 unspecified atom stereocenters. The van der Waals surface area contributed by atoms with E-state index in [4.69, 9.17) is 9.15 Å². The zero-order valence-corrected chi connectivity index (χ0v) is 15.6. The largest absolute Gasteiger partial charge is 0.482 e. The van der Waals surface area contributed by atoms with Gasteiger partial charge in [0.25, 0.3) is 0 Å². The Kier molecular flexibility index (Phi) is 5.91. The molecule has 0 fully saturated rings. The Hall–Kier alpha value is -1.19. The number of nitrogens with one attached hydrogen (secondary N) is 1. The Bertz CT molecular complexity index is 722. The van der Waals surface area contributed by atoms with Crippen LogP contribution in [0.4, 0.5) is 5.69 Å². The molecule has 0 bridgehead atoms. The van der Waals surface area contributed by atoms with E-state index in [1.165, 1.54) is 26.0 Å². The standard InChI is InChI=1S/C13H10NO5.Ac/c1-7(15)14-10-6-9-4-3-5-11(18-8(2)16)12(9)19-13(10)17;/h3-4,6H,1-2H3,(H,14,15);/q-1;. The molecule has 7 heteroatoms. The van der Waals surface area contributed by atoms with Gasteiger partial charge in [-0.3, -0.25) is 9.59 Å². The summed E-state index contributed by atoms with van der Waals surface area (Å²) in [5.74, 6) is -0.886. The van der Waals surface area contributed by atoms with Gasteiger partial charge < -0.3 is 14.5 Å². The first-order valence-corrected chi connectivity index (χ1v) is 5.42. The van der Waals surface area contributed by atoms with Gasteiger partial charge in [0, 0.05) is 57.9 Å². The van der Waals surface area contributed by atoms with Crippen LogP contribution in [0.5, 0.6) is 5.75 Å². The molecule has 0 atom stereocenters. The summed E-state index contributed by atoms with van der Waals surface area (Å²) in [6.07, 6.45) is 0. The van der Waals surface area contributed by atoms with Crippen LogP contribution < -0.4 is 15.7 Å². The number of benzene rings is 1. The summed E-state index contributed by atoms with van der Waals surface area (Å²) in [7, 11) is 0. The number of esters is 1. The van der Waals surface area contributed by atoms with Crippen LogP contribution in [-0.2, 0) is 9.59 Å². The molecule has 1 amide bonds. The third kappa shape index (κ3) is 3.90. The molecule has 1 aromatic carbocycles. The van der Waals surface area contributed by atoms with Crippen molar-refractivity contribution in [2.24, 2.45) is 0 Å². The average molecular weight is 487 g/mol. The van der Waals surface area contributed by atoms with Crippen LogP contribution in [0.1, 0.15) is 13.8 Å². The zero-order chi connectivity index (χ0) is 14.0.